The molecule has 0 bridgehead atoms. The Labute approximate surface area is 65.8 Å². The molecule has 0 saturated heterocycles. The average molecular weight is 239 g/mol. The van der Waals surface area contributed by atoms with Crippen LogP contribution in [0.15, 0.2) is 9.32 Å². The first-order valence-electron chi connectivity index (χ1n) is 2.45. The Morgan fingerprint density at radius 1 is 1.67 bits per heavy atom. The van der Waals surface area contributed by atoms with Gasteiger partial charge in [-0.1, -0.05) is 0 Å². The summed E-state index contributed by atoms with van der Waals surface area (Å²) in [5.41, 5.74) is -0.0619. The predicted molar refractivity (Wildman–Crippen MR) is 41.4 cm³/mol. The molecule has 0 N–H and O–H groups in total. The van der Waals surface area contributed by atoms with Gasteiger partial charge in [-0.25, -0.2) is 0 Å². The van der Waals surface area contributed by atoms with Gasteiger partial charge < -0.3 is 4.52 Å². The highest BCUT2D eigenvalue weighted by atomic mass is 127. The summed E-state index contributed by atoms with van der Waals surface area (Å²) in [6, 6.07) is 0. The van der Waals surface area contributed by atoms with Crippen LogP contribution in [0.4, 0.5) is 0 Å². The quantitative estimate of drug-likeness (QED) is 0.630. The molecular formula is C5H6INO2. The van der Waals surface area contributed by atoms with Crippen LogP contribution in [0.25, 0.3) is 0 Å². The topological polar surface area (TPSA) is 35.1 Å². The molecule has 0 saturated carbocycles. The van der Waals surface area contributed by atoms with Crippen molar-refractivity contribution in [2.45, 2.75) is 6.92 Å². The molecule has 0 aliphatic heterocycles. The second kappa shape index (κ2) is 2.17. The van der Waals surface area contributed by atoms with Gasteiger partial charge in [-0.3, -0.25) is 4.79 Å². The van der Waals surface area contributed by atoms with Crippen LogP contribution < -0.4 is 5.56 Å². The van der Waals surface area contributed by atoms with E-state index in [9.17, 15) is 4.79 Å². The van der Waals surface area contributed by atoms with Crippen molar-refractivity contribution in [3.05, 3.63) is 19.7 Å². The number of rotatable bonds is 0. The van der Waals surface area contributed by atoms with Crippen LogP contribution in [0, 0.1) is 10.5 Å². The molecule has 0 aliphatic carbocycles. The van der Waals surface area contributed by atoms with E-state index in [2.05, 4.69) is 0 Å². The lowest BCUT2D eigenvalue weighted by atomic mass is 10.5. The van der Waals surface area contributed by atoms with E-state index in [1.54, 1.807) is 14.0 Å². The van der Waals surface area contributed by atoms with Crippen LogP contribution in [-0.2, 0) is 7.05 Å². The lowest BCUT2D eigenvalue weighted by Crippen LogP contribution is -2.11. The van der Waals surface area contributed by atoms with Gasteiger partial charge >= 0.3 is 0 Å². The zero-order chi connectivity index (χ0) is 7.02. The summed E-state index contributed by atoms with van der Waals surface area (Å²) in [4.78, 5) is 10.9. The summed E-state index contributed by atoms with van der Waals surface area (Å²) in [7, 11) is 1.59. The van der Waals surface area contributed by atoms with Gasteiger partial charge in [0, 0.05) is 7.05 Å². The predicted octanol–water partition coefficient (Wildman–Crippen LogP) is 0.891. The Balaban J connectivity index is 3.48. The molecule has 4 heteroatoms. The number of aromatic nitrogens is 1. The maximum absolute atomic E-state index is 10.9. The second-order valence-electron chi connectivity index (χ2n) is 1.76. The van der Waals surface area contributed by atoms with Crippen LogP contribution >= 0.6 is 22.6 Å². The summed E-state index contributed by atoms with van der Waals surface area (Å²) in [6.07, 6.45) is 0. The minimum atomic E-state index is -0.0619. The summed E-state index contributed by atoms with van der Waals surface area (Å²) >= 11 is 1.96. The van der Waals surface area contributed by atoms with Crippen molar-refractivity contribution in [3.8, 4) is 0 Å². The minimum absolute atomic E-state index is 0.0619. The van der Waals surface area contributed by atoms with E-state index in [1.165, 1.54) is 4.74 Å². The Hall–Kier alpha value is -0.260. The SMILES string of the molecule is Cc1on(C)c(=O)c1I. The van der Waals surface area contributed by atoms with Crippen LogP contribution in [0.1, 0.15) is 5.76 Å². The molecule has 3 nitrogen and oxygen atoms in total. The highest BCUT2D eigenvalue weighted by molar-refractivity contribution is 14.1. The van der Waals surface area contributed by atoms with Gasteiger partial charge in [0.2, 0.25) is 0 Å². The Bertz CT molecular complexity index is 273. The molecule has 9 heavy (non-hydrogen) atoms. The summed E-state index contributed by atoms with van der Waals surface area (Å²) in [6.45, 7) is 1.77. The number of nitrogens with zero attached hydrogens (tertiary/aromatic N) is 1. The van der Waals surface area contributed by atoms with Gasteiger partial charge in [-0.2, -0.15) is 4.74 Å². The van der Waals surface area contributed by atoms with Crippen molar-refractivity contribution in [2.24, 2.45) is 7.05 Å². The first-order chi connectivity index (χ1) is 4.13. The van der Waals surface area contributed by atoms with Gasteiger partial charge in [0.1, 0.15) is 9.33 Å². The van der Waals surface area contributed by atoms with E-state index in [4.69, 9.17) is 4.52 Å². The Morgan fingerprint density at radius 2 is 2.22 bits per heavy atom. The second-order valence-corrected chi connectivity index (χ2v) is 2.84. The standard InChI is InChI=1S/C5H6INO2/c1-3-4(6)5(8)7(2)9-3/h1-2H3. The largest absolute Gasteiger partial charge is 0.380 e. The van der Waals surface area contributed by atoms with Crippen LogP contribution in [0.3, 0.4) is 0 Å². The maximum Gasteiger partial charge on any atom is 0.295 e. The lowest BCUT2D eigenvalue weighted by molar-refractivity contribution is 0.283. The average Bonchev–Trinajstić information content (AvgIpc) is 1.98. The number of hydrogen-bond acceptors (Lipinski definition) is 2. The molecule has 0 spiro atoms. The highest BCUT2D eigenvalue weighted by Gasteiger charge is 2.05. The van der Waals surface area contributed by atoms with Crippen molar-refractivity contribution < 1.29 is 4.52 Å². The zero-order valence-corrected chi connectivity index (χ0v) is 7.30. The smallest absolute Gasteiger partial charge is 0.295 e. The molecule has 0 fully saturated rings. The fraction of sp³-hybridized carbons (Fsp3) is 0.400. The first-order valence-corrected chi connectivity index (χ1v) is 3.53. The molecule has 0 amide bonds. The normalized spacial score (nSPS) is 10.1. The maximum atomic E-state index is 10.9. The van der Waals surface area contributed by atoms with E-state index in [1.807, 2.05) is 22.6 Å². The van der Waals surface area contributed by atoms with Crippen molar-refractivity contribution in [1.29, 1.82) is 0 Å². The molecule has 1 aromatic rings. The van der Waals surface area contributed by atoms with Gasteiger partial charge in [0.25, 0.3) is 5.56 Å². The van der Waals surface area contributed by atoms with E-state index in [-0.39, 0.29) is 5.56 Å². The molecular weight excluding hydrogens is 233 g/mol. The molecule has 0 atom stereocenters. The fourth-order valence-electron chi connectivity index (χ4n) is 0.576. The Kier molecular flexibility index (Phi) is 1.65. The van der Waals surface area contributed by atoms with E-state index in [0.717, 1.165) is 0 Å². The third-order valence-electron chi connectivity index (χ3n) is 1.06. The number of hydrogen-bond donors (Lipinski definition) is 0. The van der Waals surface area contributed by atoms with Crippen molar-refractivity contribution in [3.63, 3.8) is 0 Å². The third-order valence-corrected chi connectivity index (χ3v) is 2.28. The monoisotopic (exact) mass is 239 g/mol. The van der Waals surface area contributed by atoms with Gasteiger partial charge in [0.15, 0.2) is 0 Å². The molecule has 1 rings (SSSR count). The molecule has 0 unspecified atom stereocenters. The van der Waals surface area contributed by atoms with Gasteiger partial charge in [-0.05, 0) is 29.5 Å². The summed E-state index contributed by atoms with van der Waals surface area (Å²) < 4.78 is 6.82. The molecule has 0 aromatic carbocycles. The molecule has 1 aromatic heterocycles. The van der Waals surface area contributed by atoms with E-state index < -0.39 is 0 Å². The lowest BCUT2D eigenvalue weighted by Gasteiger charge is -1.80. The first kappa shape index (κ1) is 6.85. The molecule has 50 valence electrons. The van der Waals surface area contributed by atoms with E-state index in [0.29, 0.717) is 9.33 Å². The summed E-state index contributed by atoms with van der Waals surface area (Å²) in [5, 5.41) is 0. The van der Waals surface area contributed by atoms with E-state index >= 15 is 0 Å². The zero-order valence-electron chi connectivity index (χ0n) is 5.14. The highest BCUT2D eigenvalue weighted by Crippen LogP contribution is 2.04. The third kappa shape index (κ3) is 1.03. The van der Waals surface area contributed by atoms with Crippen LogP contribution in [0.2, 0.25) is 0 Å². The van der Waals surface area contributed by atoms with Crippen molar-refractivity contribution in [2.75, 3.05) is 0 Å². The summed E-state index contributed by atoms with van der Waals surface area (Å²) in [5.74, 6) is 0.683. The van der Waals surface area contributed by atoms with Gasteiger partial charge in [0.05, 0.1) is 0 Å². The molecule has 0 radical (unpaired) electrons. The fourth-order valence-corrected chi connectivity index (χ4v) is 1.01. The van der Waals surface area contributed by atoms with Crippen molar-refractivity contribution in [1.82, 2.24) is 4.74 Å². The number of aryl methyl sites for hydroxylation is 2. The minimum Gasteiger partial charge on any atom is -0.380 e. The Morgan fingerprint density at radius 3 is 2.33 bits per heavy atom. The van der Waals surface area contributed by atoms with Crippen LogP contribution in [-0.4, -0.2) is 4.74 Å². The van der Waals surface area contributed by atoms with Crippen molar-refractivity contribution >= 4 is 22.6 Å². The molecule has 0 aliphatic rings. The number of halogens is 1. The van der Waals surface area contributed by atoms with Crippen LogP contribution in [0.5, 0.6) is 0 Å². The van der Waals surface area contributed by atoms with Gasteiger partial charge in [-0.15, -0.1) is 0 Å². The molecule has 1 heterocycles.